The third-order valence-corrected chi connectivity index (χ3v) is 1.62. The van der Waals surface area contributed by atoms with Gasteiger partial charge in [-0.3, -0.25) is 9.59 Å². The fraction of sp³-hybridized carbons (Fsp3) is 0.625. The molecule has 0 fully saturated rings. The van der Waals surface area contributed by atoms with E-state index in [-0.39, 0.29) is 18.6 Å². The van der Waals surface area contributed by atoms with Gasteiger partial charge in [0, 0.05) is 12.8 Å². The van der Waals surface area contributed by atoms with Gasteiger partial charge in [0.1, 0.15) is 17.7 Å². The van der Waals surface area contributed by atoms with Crippen LogP contribution >= 0.6 is 0 Å². The first-order valence-electron chi connectivity index (χ1n) is 3.59. The molecule has 4 heteroatoms. The Morgan fingerprint density at radius 1 is 1.42 bits per heavy atom. The summed E-state index contributed by atoms with van der Waals surface area (Å²) < 4.78 is 0. The number of carbonyl (C=O) groups is 3. The van der Waals surface area contributed by atoms with Crippen molar-refractivity contribution in [2.75, 3.05) is 0 Å². The van der Waals surface area contributed by atoms with Crippen LogP contribution in [0.1, 0.15) is 26.7 Å². The zero-order chi connectivity index (χ0) is 9.78. The Morgan fingerprint density at radius 2 is 1.92 bits per heavy atom. The number of Topliss-reactive ketones (excluding diaryl/α,β-unsaturated/α-hetero) is 2. The van der Waals surface area contributed by atoms with Crippen molar-refractivity contribution in [2.24, 2.45) is 0 Å². The molecule has 0 aromatic rings. The van der Waals surface area contributed by atoms with Crippen molar-refractivity contribution in [3.8, 4) is 0 Å². The molecule has 0 saturated heterocycles. The Bertz CT molecular complexity index is 209. The SMILES string of the molecule is CC(=O)CC(O)(CC=O)C(C)=O. The molecule has 0 aromatic heterocycles. The minimum atomic E-state index is -1.78. The van der Waals surface area contributed by atoms with Crippen LogP contribution in [0.2, 0.25) is 0 Å². The summed E-state index contributed by atoms with van der Waals surface area (Å²) in [7, 11) is 0. The highest BCUT2D eigenvalue weighted by Crippen LogP contribution is 2.15. The van der Waals surface area contributed by atoms with Gasteiger partial charge in [-0.05, 0) is 13.8 Å². The summed E-state index contributed by atoms with van der Waals surface area (Å²) >= 11 is 0. The Kier molecular flexibility index (Phi) is 3.76. The van der Waals surface area contributed by atoms with Crippen LogP contribution in [0.4, 0.5) is 0 Å². The summed E-state index contributed by atoms with van der Waals surface area (Å²) in [5.74, 6) is -0.862. The fourth-order valence-electron chi connectivity index (χ4n) is 0.890. The summed E-state index contributed by atoms with van der Waals surface area (Å²) in [5.41, 5.74) is -1.78. The highest BCUT2D eigenvalue weighted by molar-refractivity contribution is 5.92. The lowest BCUT2D eigenvalue weighted by Gasteiger charge is -2.20. The van der Waals surface area contributed by atoms with E-state index in [1.807, 2.05) is 0 Å². The molecule has 0 aliphatic carbocycles. The Balaban J connectivity index is 4.49. The van der Waals surface area contributed by atoms with Gasteiger partial charge < -0.3 is 9.90 Å². The van der Waals surface area contributed by atoms with Crippen molar-refractivity contribution >= 4 is 17.9 Å². The van der Waals surface area contributed by atoms with Crippen molar-refractivity contribution in [3.05, 3.63) is 0 Å². The zero-order valence-electron chi connectivity index (χ0n) is 7.16. The third-order valence-electron chi connectivity index (χ3n) is 1.62. The predicted octanol–water partition coefficient (Wildman–Crippen LogP) is -0.125. The van der Waals surface area contributed by atoms with E-state index in [9.17, 15) is 19.5 Å². The van der Waals surface area contributed by atoms with Crippen molar-refractivity contribution in [2.45, 2.75) is 32.3 Å². The van der Waals surface area contributed by atoms with Gasteiger partial charge in [0.05, 0.1) is 0 Å². The maximum absolute atomic E-state index is 10.8. The van der Waals surface area contributed by atoms with E-state index in [1.54, 1.807) is 0 Å². The lowest BCUT2D eigenvalue weighted by atomic mass is 9.90. The minimum Gasteiger partial charge on any atom is -0.381 e. The van der Waals surface area contributed by atoms with Crippen molar-refractivity contribution in [1.82, 2.24) is 0 Å². The summed E-state index contributed by atoms with van der Waals surface area (Å²) in [5, 5.41) is 9.46. The molecular formula is C8H12O4. The van der Waals surface area contributed by atoms with E-state index in [1.165, 1.54) is 6.92 Å². The number of aliphatic hydroxyl groups is 1. The average molecular weight is 172 g/mol. The smallest absolute Gasteiger partial charge is 0.162 e. The topological polar surface area (TPSA) is 71.4 Å². The molecule has 1 unspecified atom stereocenters. The maximum atomic E-state index is 10.8. The number of rotatable bonds is 5. The largest absolute Gasteiger partial charge is 0.381 e. The summed E-state index contributed by atoms with van der Waals surface area (Å²) in [6.07, 6.45) is -0.173. The van der Waals surface area contributed by atoms with E-state index < -0.39 is 11.4 Å². The first kappa shape index (κ1) is 11.0. The van der Waals surface area contributed by atoms with Crippen LogP contribution in [-0.4, -0.2) is 28.6 Å². The van der Waals surface area contributed by atoms with Crippen LogP contribution in [0, 0.1) is 0 Å². The predicted molar refractivity (Wildman–Crippen MR) is 41.6 cm³/mol. The standard InChI is InChI=1S/C8H12O4/c1-6(10)5-8(12,3-4-9)7(2)11/h4,12H,3,5H2,1-2H3. The molecule has 1 atom stereocenters. The molecular weight excluding hydrogens is 160 g/mol. The van der Waals surface area contributed by atoms with Crippen molar-refractivity contribution < 1.29 is 19.5 Å². The third kappa shape index (κ3) is 2.92. The molecule has 68 valence electrons. The molecule has 0 amide bonds. The molecule has 1 N–H and O–H groups in total. The second-order valence-electron chi connectivity index (χ2n) is 2.84. The van der Waals surface area contributed by atoms with Gasteiger partial charge in [-0.25, -0.2) is 0 Å². The Labute approximate surface area is 70.6 Å². The second kappa shape index (κ2) is 4.11. The minimum absolute atomic E-state index is 0.291. The highest BCUT2D eigenvalue weighted by atomic mass is 16.3. The van der Waals surface area contributed by atoms with E-state index in [0.29, 0.717) is 6.29 Å². The molecule has 0 bridgehead atoms. The number of ketones is 2. The average Bonchev–Trinajstić information content (AvgIpc) is 1.85. The van der Waals surface area contributed by atoms with E-state index in [2.05, 4.69) is 0 Å². The van der Waals surface area contributed by atoms with E-state index in [4.69, 9.17) is 0 Å². The number of aldehydes is 1. The molecule has 0 rings (SSSR count). The number of hydrogen-bond acceptors (Lipinski definition) is 4. The van der Waals surface area contributed by atoms with Crippen LogP contribution in [0.25, 0.3) is 0 Å². The normalized spacial score (nSPS) is 14.9. The van der Waals surface area contributed by atoms with E-state index >= 15 is 0 Å². The molecule has 0 aliphatic heterocycles. The first-order valence-corrected chi connectivity index (χ1v) is 3.59. The summed E-state index contributed by atoms with van der Waals surface area (Å²) in [6, 6.07) is 0. The quantitative estimate of drug-likeness (QED) is 0.586. The molecule has 0 aliphatic rings. The maximum Gasteiger partial charge on any atom is 0.162 e. The Morgan fingerprint density at radius 3 is 2.17 bits per heavy atom. The summed E-state index contributed by atoms with van der Waals surface area (Å²) in [6.45, 7) is 2.42. The molecule has 0 heterocycles. The number of carbonyl (C=O) groups excluding carboxylic acids is 3. The van der Waals surface area contributed by atoms with Gasteiger partial charge in [-0.1, -0.05) is 0 Å². The molecule has 0 aromatic carbocycles. The lowest BCUT2D eigenvalue weighted by Crippen LogP contribution is -2.39. The monoisotopic (exact) mass is 172 g/mol. The van der Waals surface area contributed by atoms with Gasteiger partial charge in [-0.15, -0.1) is 0 Å². The first-order chi connectivity index (χ1) is 5.42. The van der Waals surface area contributed by atoms with Gasteiger partial charge in [-0.2, -0.15) is 0 Å². The molecule has 0 saturated carbocycles. The zero-order valence-corrected chi connectivity index (χ0v) is 7.16. The van der Waals surface area contributed by atoms with Crippen molar-refractivity contribution in [1.29, 1.82) is 0 Å². The van der Waals surface area contributed by atoms with Crippen LogP contribution in [0.5, 0.6) is 0 Å². The molecule has 0 radical (unpaired) electrons. The van der Waals surface area contributed by atoms with Gasteiger partial charge in [0.2, 0.25) is 0 Å². The van der Waals surface area contributed by atoms with Crippen LogP contribution in [-0.2, 0) is 14.4 Å². The fourth-order valence-corrected chi connectivity index (χ4v) is 0.890. The molecule has 12 heavy (non-hydrogen) atoms. The molecule has 0 spiro atoms. The Hall–Kier alpha value is -1.03. The van der Waals surface area contributed by atoms with E-state index in [0.717, 1.165) is 6.92 Å². The molecule has 4 nitrogen and oxygen atoms in total. The summed E-state index contributed by atoms with van der Waals surface area (Å²) in [4.78, 5) is 31.5. The van der Waals surface area contributed by atoms with Crippen LogP contribution < -0.4 is 0 Å². The highest BCUT2D eigenvalue weighted by Gasteiger charge is 2.33. The van der Waals surface area contributed by atoms with Crippen LogP contribution in [0.3, 0.4) is 0 Å². The van der Waals surface area contributed by atoms with Gasteiger partial charge >= 0.3 is 0 Å². The lowest BCUT2D eigenvalue weighted by molar-refractivity contribution is -0.142. The van der Waals surface area contributed by atoms with Gasteiger partial charge in [0.25, 0.3) is 0 Å². The second-order valence-corrected chi connectivity index (χ2v) is 2.84. The van der Waals surface area contributed by atoms with Gasteiger partial charge in [0.15, 0.2) is 5.78 Å². The number of hydrogen-bond donors (Lipinski definition) is 1. The van der Waals surface area contributed by atoms with Crippen molar-refractivity contribution in [3.63, 3.8) is 0 Å². The van der Waals surface area contributed by atoms with Crippen LogP contribution in [0.15, 0.2) is 0 Å².